The zero-order valence-corrected chi connectivity index (χ0v) is 22.9. The lowest BCUT2D eigenvalue weighted by Crippen LogP contribution is -2.20. The molecule has 2 nitrogen and oxygen atoms in total. The van der Waals surface area contributed by atoms with Gasteiger partial charge in [0.05, 0.1) is 11.4 Å². The molecule has 0 amide bonds. The van der Waals surface area contributed by atoms with Gasteiger partial charge in [-0.1, -0.05) is 85.6 Å². The van der Waals surface area contributed by atoms with Crippen molar-refractivity contribution < 1.29 is 4.74 Å². The highest BCUT2D eigenvalue weighted by atomic mass is 16.5. The summed E-state index contributed by atoms with van der Waals surface area (Å²) in [6, 6.07) is 22.7. The molecule has 0 saturated heterocycles. The second-order valence-corrected chi connectivity index (χ2v) is 11.4. The van der Waals surface area contributed by atoms with Gasteiger partial charge < -0.3 is 9.64 Å². The first-order valence-corrected chi connectivity index (χ1v) is 13.6. The van der Waals surface area contributed by atoms with Crippen molar-refractivity contribution >= 4 is 17.1 Å². The summed E-state index contributed by atoms with van der Waals surface area (Å²) >= 11 is 0. The zero-order chi connectivity index (χ0) is 25.2. The van der Waals surface area contributed by atoms with Gasteiger partial charge in [0.1, 0.15) is 0 Å². The maximum atomic E-state index is 6.66. The van der Waals surface area contributed by atoms with E-state index in [1.54, 1.807) is 0 Å². The SMILES string of the molecule is CCCCc1ccc(N2c3ccc(C(C)(C)CC)cc3Oc3cc(C(C)(C)CCC)ccc32)cc1. The van der Waals surface area contributed by atoms with Crippen LogP contribution in [0.25, 0.3) is 0 Å². The predicted molar refractivity (Wildman–Crippen MR) is 151 cm³/mol. The molecule has 186 valence electrons. The van der Waals surface area contributed by atoms with E-state index in [1.165, 1.54) is 41.6 Å². The Labute approximate surface area is 213 Å². The fourth-order valence-electron chi connectivity index (χ4n) is 5.10. The maximum absolute atomic E-state index is 6.66. The van der Waals surface area contributed by atoms with Crippen molar-refractivity contribution in [1.29, 1.82) is 0 Å². The van der Waals surface area contributed by atoms with E-state index in [-0.39, 0.29) is 10.8 Å². The van der Waals surface area contributed by atoms with Gasteiger partial charge in [0.15, 0.2) is 11.5 Å². The Morgan fingerprint density at radius 1 is 0.686 bits per heavy atom. The molecule has 0 radical (unpaired) electrons. The van der Waals surface area contributed by atoms with Crippen LogP contribution >= 0.6 is 0 Å². The number of hydrogen-bond donors (Lipinski definition) is 0. The quantitative estimate of drug-likeness (QED) is 0.242. The second kappa shape index (κ2) is 10.1. The molecule has 1 aliphatic heterocycles. The largest absolute Gasteiger partial charge is 0.453 e. The molecule has 2 heteroatoms. The first-order chi connectivity index (χ1) is 16.7. The van der Waals surface area contributed by atoms with Gasteiger partial charge in [-0.25, -0.2) is 0 Å². The Balaban J connectivity index is 1.82. The molecule has 0 spiro atoms. The van der Waals surface area contributed by atoms with Crippen LogP contribution in [0.15, 0.2) is 60.7 Å². The highest BCUT2D eigenvalue weighted by Crippen LogP contribution is 2.52. The minimum atomic E-state index is 0.107. The first kappa shape index (κ1) is 25.4. The van der Waals surface area contributed by atoms with Gasteiger partial charge in [-0.05, 0) is 89.6 Å². The number of fused-ring (bicyclic) bond motifs is 2. The van der Waals surface area contributed by atoms with Gasteiger partial charge in [0, 0.05) is 5.69 Å². The summed E-state index contributed by atoms with van der Waals surface area (Å²) in [5.74, 6) is 1.89. The van der Waals surface area contributed by atoms with Crippen molar-refractivity contribution in [2.75, 3.05) is 4.90 Å². The Bertz CT molecular complexity index is 1160. The van der Waals surface area contributed by atoms with E-state index in [0.717, 1.165) is 42.1 Å². The van der Waals surface area contributed by atoms with Crippen LogP contribution in [0.4, 0.5) is 17.1 Å². The summed E-state index contributed by atoms with van der Waals surface area (Å²) in [5, 5.41) is 0. The summed E-state index contributed by atoms with van der Waals surface area (Å²) in [5.41, 5.74) is 7.68. The topological polar surface area (TPSA) is 12.5 Å². The van der Waals surface area contributed by atoms with Crippen LogP contribution in [-0.2, 0) is 17.3 Å². The third kappa shape index (κ3) is 5.13. The molecule has 0 unspecified atom stereocenters. The fraction of sp³-hybridized carbons (Fsp3) is 0.455. The highest BCUT2D eigenvalue weighted by molar-refractivity contribution is 5.86. The van der Waals surface area contributed by atoms with E-state index in [9.17, 15) is 0 Å². The normalized spacial score (nSPS) is 13.3. The lowest BCUT2D eigenvalue weighted by molar-refractivity contribution is 0.452. The van der Waals surface area contributed by atoms with E-state index >= 15 is 0 Å². The summed E-state index contributed by atoms with van der Waals surface area (Å²) in [6.07, 6.45) is 6.99. The molecule has 0 atom stereocenters. The minimum Gasteiger partial charge on any atom is -0.453 e. The van der Waals surface area contributed by atoms with Crippen LogP contribution in [0.3, 0.4) is 0 Å². The Morgan fingerprint density at radius 3 is 1.77 bits per heavy atom. The average molecular weight is 470 g/mol. The summed E-state index contributed by atoms with van der Waals surface area (Å²) in [6.45, 7) is 16.1. The average Bonchev–Trinajstić information content (AvgIpc) is 2.85. The Kier molecular flexibility index (Phi) is 7.31. The predicted octanol–water partition coefficient (Wildman–Crippen LogP) is 10.4. The van der Waals surface area contributed by atoms with E-state index in [1.807, 2.05) is 0 Å². The van der Waals surface area contributed by atoms with Gasteiger partial charge in [-0.3, -0.25) is 0 Å². The van der Waals surface area contributed by atoms with E-state index in [0.29, 0.717) is 0 Å². The minimum absolute atomic E-state index is 0.107. The molecule has 1 aliphatic rings. The van der Waals surface area contributed by atoms with Gasteiger partial charge in [-0.15, -0.1) is 0 Å². The van der Waals surface area contributed by atoms with Crippen molar-refractivity contribution in [1.82, 2.24) is 0 Å². The van der Waals surface area contributed by atoms with Crippen molar-refractivity contribution in [2.24, 2.45) is 0 Å². The number of rotatable bonds is 9. The molecule has 0 fully saturated rings. The van der Waals surface area contributed by atoms with Gasteiger partial charge in [0.2, 0.25) is 0 Å². The first-order valence-electron chi connectivity index (χ1n) is 13.6. The molecule has 0 N–H and O–H groups in total. The molecule has 1 heterocycles. The third-order valence-corrected chi connectivity index (χ3v) is 7.96. The number of aryl methyl sites for hydroxylation is 1. The Morgan fingerprint density at radius 2 is 1.26 bits per heavy atom. The Hall–Kier alpha value is -2.74. The van der Waals surface area contributed by atoms with Gasteiger partial charge >= 0.3 is 0 Å². The molecule has 35 heavy (non-hydrogen) atoms. The molecule has 0 aliphatic carbocycles. The highest BCUT2D eigenvalue weighted by Gasteiger charge is 2.30. The van der Waals surface area contributed by atoms with Crippen molar-refractivity contribution in [3.8, 4) is 11.5 Å². The lowest BCUT2D eigenvalue weighted by Gasteiger charge is -2.35. The molecule has 3 aromatic rings. The molecule has 3 aromatic carbocycles. The maximum Gasteiger partial charge on any atom is 0.151 e. The van der Waals surface area contributed by atoms with Gasteiger partial charge in [-0.2, -0.15) is 0 Å². The van der Waals surface area contributed by atoms with E-state index < -0.39 is 0 Å². The smallest absolute Gasteiger partial charge is 0.151 e. The number of nitrogens with zero attached hydrogens (tertiary/aromatic N) is 1. The van der Waals surface area contributed by atoms with Crippen LogP contribution in [0.2, 0.25) is 0 Å². The fourth-order valence-corrected chi connectivity index (χ4v) is 5.10. The molecular formula is C33H43NO. The molecular weight excluding hydrogens is 426 g/mol. The molecule has 0 bridgehead atoms. The molecule has 0 aromatic heterocycles. The third-order valence-electron chi connectivity index (χ3n) is 7.96. The number of ether oxygens (including phenoxy) is 1. The van der Waals surface area contributed by atoms with Crippen LogP contribution in [0.5, 0.6) is 11.5 Å². The van der Waals surface area contributed by atoms with E-state index in [4.69, 9.17) is 4.74 Å². The lowest BCUT2D eigenvalue weighted by atomic mass is 9.80. The number of hydrogen-bond acceptors (Lipinski definition) is 2. The van der Waals surface area contributed by atoms with Crippen molar-refractivity contribution in [3.63, 3.8) is 0 Å². The number of anilines is 3. The van der Waals surface area contributed by atoms with Gasteiger partial charge in [0.25, 0.3) is 0 Å². The van der Waals surface area contributed by atoms with Crippen LogP contribution in [0, 0.1) is 0 Å². The summed E-state index contributed by atoms with van der Waals surface area (Å²) in [7, 11) is 0. The van der Waals surface area contributed by atoms with Crippen LogP contribution < -0.4 is 9.64 Å². The molecule has 4 rings (SSSR count). The van der Waals surface area contributed by atoms with Crippen molar-refractivity contribution in [3.05, 3.63) is 77.4 Å². The standard InChI is InChI=1S/C33H43NO/c1-8-11-12-24-13-17-27(18-14-24)34-28-19-15-25(32(4,5)10-3)22-30(28)35-31-23-26(16-20-29(31)34)33(6,7)21-9-2/h13-20,22-23H,8-12,21H2,1-7H3. The number of unbranched alkanes of at least 4 members (excludes halogenated alkanes) is 1. The van der Waals surface area contributed by atoms with Crippen molar-refractivity contribution in [2.45, 2.75) is 97.8 Å². The summed E-state index contributed by atoms with van der Waals surface area (Å²) in [4.78, 5) is 2.37. The summed E-state index contributed by atoms with van der Waals surface area (Å²) < 4.78 is 6.66. The number of benzene rings is 3. The monoisotopic (exact) mass is 469 g/mol. The van der Waals surface area contributed by atoms with Crippen LogP contribution in [-0.4, -0.2) is 0 Å². The van der Waals surface area contributed by atoms with E-state index in [2.05, 4.69) is 114 Å². The van der Waals surface area contributed by atoms with Crippen LogP contribution in [0.1, 0.15) is 97.3 Å². The second-order valence-electron chi connectivity index (χ2n) is 11.4. The molecule has 0 saturated carbocycles. The zero-order valence-electron chi connectivity index (χ0n) is 22.9.